The molecule has 3 aromatic rings. The van der Waals surface area contributed by atoms with E-state index >= 15 is 0 Å². The molecule has 25 heavy (non-hydrogen) atoms. The molecule has 0 bridgehead atoms. The highest BCUT2D eigenvalue weighted by atomic mass is 32.1. The predicted octanol–water partition coefficient (Wildman–Crippen LogP) is 5.14. The standard InChI is InChI=1S/C21H18N2OS/c1-2-3-4-13-24-18-10-11-19-20(14-18)25-21(23-19)12-9-16-5-7-17(15-22)8-6-16/h5-8,10-11,14H,2-4,13H2,1H3. The molecule has 0 amide bonds. The van der Waals surface area contributed by atoms with Crippen LogP contribution in [-0.2, 0) is 0 Å². The fourth-order valence-corrected chi connectivity index (χ4v) is 3.19. The molecule has 3 nitrogen and oxygen atoms in total. The summed E-state index contributed by atoms with van der Waals surface area (Å²) in [4.78, 5) is 4.55. The van der Waals surface area contributed by atoms with Gasteiger partial charge < -0.3 is 4.74 Å². The van der Waals surface area contributed by atoms with E-state index in [1.807, 2.05) is 30.3 Å². The third kappa shape index (κ3) is 4.59. The van der Waals surface area contributed by atoms with Crippen molar-refractivity contribution in [3.63, 3.8) is 0 Å². The van der Waals surface area contributed by atoms with Crippen LogP contribution in [-0.4, -0.2) is 11.6 Å². The second-order valence-corrected chi connectivity index (χ2v) is 6.67. The van der Waals surface area contributed by atoms with Gasteiger partial charge >= 0.3 is 0 Å². The van der Waals surface area contributed by atoms with E-state index in [4.69, 9.17) is 10.00 Å². The number of thiazole rings is 1. The Kier molecular flexibility index (Phi) is 5.67. The van der Waals surface area contributed by atoms with Gasteiger partial charge in [-0.25, -0.2) is 4.98 Å². The lowest BCUT2D eigenvalue weighted by Gasteiger charge is -2.04. The van der Waals surface area contributed by atoms with Crippen LogP contribution in [0.15, 0.2) is 42.5 Å². The summed E-state index contributed by atoms with van der Waals surface area (Å²) < 4.78 is 6.87. The van der Waals surface area contributed by atoms with Gasteiger partial charge in [0, 0.05) is 5.56 Å². The summed E-state index contributed by atoms with van der Waals surface area (Å²) >= 11 is 1.56. The maximum Gasteiger partial charge on any atom is 0.168 e. The van der Waals surface area contributed by atoms with Crippen LogP contribution in [0, 0.1) is 23.2 Å². The van der Waals surface area contributed by atoms with Crippen LogP contribution < -0.4 is 4.74 Å². The van der Waals surface area contributed by atoms with Gasteiger partial charge in [-0.3, -0.25) is 0 Å². The van der Waals surface area contributed by atoms with E-state index in [1.165, 1.54) is 12.8 Å². The Morgan fingerprint density at radius 3 is 2.60 bits per heavy atom. The van der Waals surface area contributed by atoms with Gasteiger partial charge in [0.25, 0.3) is 0 Å². The van der Waals surface area contributed by atoms with Crippen LogP contribution >= 0.6 is 11.3 Å². The largest absolute Gasteiger partial charge is 0.494 e. The molecule has 2 aromatic carbocycles. The van der Waals surface area contributed by atoms with Crippen molar-refractivity contribution < 1.29 is 4.74 Å². The fraction of sp³-hybridized carbons (Fsp3) is 0.238. The van der Waals surface area contributed by atoms with Gasteiger partial charge in [0.05, 0.1) is 28.5 Å². The van der Waals surface area contributed by atoms with Gasteiger partial charge in [-0.05, 0) is 54.8 Å². The Morgan fingerprint density at radius 1 is 1.04 bits per heavy atom. The minimum Gasteiger partial charge on any atom is -0.494 e. The molecule has 0 radical (unpaired) electrons. The number of nitrogens with zero attached hydrogens (tertiary/aromatic N) is 2. The zero-order chi connectivity index (χ0) is 17.5. The zero-order valence-corrected chi connectivity index (χ0v) is 14.9. The smallest absolute Gasteiger partial charge is 0.168 e. The molecule has 0 saturated carbocycles. The molecule has 0 aliphatic rings. The lowest BCUT2D eigenvalue weighted by molar-refractivity contribution is 0.306. The SMILES string of the molecule is CCCCCOc1ccc2nc(C#Cc3ccc(C#N)cc3)sc2c1. The Labute approximate surface area is 151 Å². The number of ether oxygens (including phenoxy) is 1. The zero-order valence-electron chi connectivity index (χ0n) is 14.1. The average molecular weight is 346 g/mol. The molecule has 0 N–H and O–H groups in total. The van der Waals surface area contributed by atoms with Crippen LogP contribution in [0.3, 0.4) is 0 Å². The van der Waals surface area contributed by atoms with E-state index in [9.17, 15) is 0 Å². The van der Waals surface area contributed by atoms with Crippen LogP contribution in [0.25, 0.3) is 10.2 Å². The molecule has 0 aliphatic heterocycles. The van der Waals surface area contributed by atoms with Crippen molar-refractivity contribution in [2.75, 3.05) is 6.61 Å². The molecule has 0 aliphatic carbocycles. The molecule has 0 fully saturated rings. The second-order valence-electron chi connectivity index (χ2n) is 5.64. The molecule has 0 unspecified atom stereocenters. The lowest BCUT2D eigenvalue weighted by atomic mass is 10.1. The maximum atomic E-state index is 8.82. The number of benzene rings is 2. The highest BCUT2D eigenvalue weighted by molar-refractivity contribution is 7.19. The summed E-state index contributed by atoms with van der Waals surface area (Å²) in [6.45, 7) is 2.94. The minimum absolute atomic E-state index is 0.636. The first-order chi connectivity index (χ1) is 12.3. The van der Waals surface area contributed by atoms with E-state index in [0.717, 1.165) is 39.6 Å². The van der Waals surface area contributed by atoms with E-state index in [1.54, 1.807) is 23.5 Å². The minimum atomic E-state index is 0.636. The van der Waals surface area contributed by atoms with Crippen molar-refractivity contribution in [1.29, 1.82) is 5.26 Å². The van der Waals surface area contributed by atoms with Crippen molar-refractivity contribution in [3.8, 4) is 23.7 Å². The van der Waals surface area contributed by atoms with Gasteiger partial charge in [-0.15, -0.1) is 11.3 Å². The Hall–Kier alpha value is -2.82. The molecule has 1 heterocycles. The maximum absolute atomic E-state index is 8.82. The molecular formula is C21H18N2OS. The van der Waals surface area contributed by atoms with E-state index < -0.39 is 0 Å². The normalized spacial score (nSPS) is 10.1. The number of hydrogen-bond acceptors (Lipinski definition) is 4. The fourth-order valence-electron chi connectivity index (χ4n) is 2.34. The topological polar surface area (TPSA) is 45.9 Å². The third-order valence-corrected chi connectivity index (χ3v) is 4.64. The molecule has 4 heteroatoms. The Bertz CT molecular complexity index is 955. The molecule has 0 spiro atoms. The predicted molar refractivity (Wildman–Crippen MR) is 102 cm³/mol. The van der Waals surface area contributed by atoms with Crippen molar-refractivity contribution >= 4 is 21.6 Å². The van der Waals surface area contributed by atoms with Gasteiger partial charge in [-0.2, -0.15) is 5.26 Å². The van der Waals surface area contributed by atoms with Gasteiger partial charge in [0.15, 0.2) is 5.01 Å². The van der Waals surface area contributed by atoms with Crippen molar-refractivity contribution in [2.45, 2.75) is 26.2 Å². The summed E-state index contributed by atoms with van der Waals surface area (Å²) in [6.07, 6.45) is 3.47. The number of unbranched alkanes of at least 4 members (excludes halogenated alkanes) is 2. The van der Waals surface area contributed by atoms with Gasteiger partial charge in [0.1, 0.15) is 5.75 Å². The number of hydrogen-bond donors (Lipinski definition) is 0. The molecule has 0 saturated heterocycles. The first-order valence-corrected chi connectivity index (χ1v) is 9.15. The van der Waals surface area contributed by atoms with Crippen molar-refractivity contribution in [1.82, 2.24) is 4.98 Å². The first-order valence-electron chi connectivity index (χ1n) is 8.34. The second kappa shape index (κ2) is 8.33. The third-order valence-electron chi connectivity index (χ3n) is 3.70. The van der Waals surface area contributed by atoms with E-state index in [2.05, 4.69) is 29.8 Å². The molecule has 124 valence electrons. The summed E-state index contributed by atoms with van der Waals surface area (Å²) in [5.74, 6) is 7.08. The van der Waals surface area contributed by atoms with Crippen LogP contribution in [0.4, 0.5) is 0 Å². The summed E-state index contributed by atoms with van der Waals surface area (Å²) in [5.41, 5.74) is 2.45. The van der Waals surface area contributed by atoms with Crippen molar-refractivity contribution in [3.05, 3.63) is 58.6 Å². The van der Waals surface area contributed by atoms with Crippen LogP contribution in [0.1, 0.15) is 42.3 Å². The summed E-state index contributed by atoms with van der Waals surface area (Å²) in [5, 5.41) is 9.60. The van der Waals surface area contributed by atoms with Gasteiger partial charge in [-0.1, -0.05) is 25.7 Å². The lowest BCUT2D eigenvalue weighted by Crippen LogP contribution is -1.96. The molecule has 3 rings (SSSR count). The molecule has 1 aromatic heterocycles. The Balaban J connectivity index is 1.73. The van der Waals surface area contributed by atoms with Crippen LogP contribution in [0.5, 0.6) is 5.75 Å². The quantitative estimate of drug-likeness (QED) is 0.475. The highest BCUT2D eigenvalue weighted by Gasteiger charge is 2.04. The van der Waals surface area contributed by atoms with E-state index in [0.29, 0.717) is 5.56 Å². The summed E-state index contributed by atoms with van der Waals surface area (Å²) in [6, 6.07) is 15.3. The average Bonchev–Trinajstić information content (AvgIpc) is 3.06. The van der Waals surface area contributed by atoms with Crippen molar-refractivity contribution in [2.24, 2.45) is 0 Å². The number of rotatable bonds is 5. The number of aromatic nitrogens is 1. The summed E-state index contributed by atoms with van der Waals surface area (Å²) in [7, 11) is 0. The number of fused-ring (bicyclic) bond motifs is 1. The monoisotopic (exact) mass is 346 g/mol. The molecular weight excluding hydrogens is 328 g/mol. The first kappa shape index (κ1) is 17.0. The molecule has 0 atom stereocenters. The van der Waals surface area contributed by atoms with Crippen LogP contribution in [0.2, 0.25) is 0 Å². The Morgan fingerprint density at radius 2 is 1.84 bits per heavy atom. The number of nitriles is 1. The van der Waals surface area contributed by atoms with E-state index in [-0.39, 0.29) is 0 Å². The van der Waals surface area contributed by atoms with Gasteiger partial charge in [0.2, 0.25) is 0 Å². The highest BCUT2D eigenvalue weighted by Crippen LogP contribution is 2.26.